The highest BCUT2D eigenvalue weighted by Gasteiger charge is 2.35. The molecule has 0 aromatic heterocycles. The SMILES string of the molecule is Nc1ccc(Cl)cc1CN1CCOC2CCCC21. The first-order valence-electron chi connectivity index (χ1n) is 6.63. The van der Waals surface area contributed by atoms with Gasteiger partial charge in [0, 0.05) is 29.8 Å². The second kappa shape index (κ2) is 5.08. The van der Waals surface area contributed by atoms with Crippen molar-refractivity contribution >= 4 is 17.3 Å². The van der Waals surface area contributed by atoms with Gasteiger partial charge in [0.2, 0.25) is 0 Å². The van der Waals surface area contributed by atoms with Crippen LogP contribution in [0.2, 0.25) is 5.02 Å². The fraction of sp³-hybridized carbons (Fsp3) is 0.571. The quantitative estimate of drug-likeness (QED) is 0.837. The largest absolute Gasteiger partial charge is 0.398 e. The molecule has 0 radical (unpaired) electrons. The summed E-state index contributed by atoms with van der Waals surface area (Å²) in [5, 5.41) is 0.760. The van der Waals surface area contributed by atoms with Gasteiger partial charge in [0.05, 0.1) is 12.7 Å². The van der Waals surface area contributed by atoms with Crippen LogP contribution in [0.15, 0.2) is 18.2 Å². The lowest BCUT2D eigenvalue weighted by Gasteiger charge is -2.37. The van der Waals surface area contributed by atoms with E-state index in [2.05, 4.69) is 4.90 Å². The van der Waals surface area contributed by atoms with Gasteiger partial charge in [0.1, 0.15) is 0 Å². The zero-order chi connectivity index (χ0) is 12.5. The van der Waals surface area contributed by atoms with E-state index in [1.807, 2.05) is 18.2 Å². The van der Waals surface area contributed by atoms with Crippen LogP contribution in [0.5, 0.6) is 0 Å². The van der Waals surface area contributed by atoms with E-state index in [-0.39, 0.29) is 0 Å². The third-order valence-corrected chi connectivity index (χ3v) is 4.31. The number of nitrogens with two attached hydrogens (primary N) is 1. The van der Waals surface area contributed by atoms with Crippen molar-refractivity contribution in [2.24, 2.45) is 0 Å². The summed E-state index contributed by atoms with van der Waals surface area (Å²) in [4.78, 5) is 2.50. The molecule has 1 heterocycles. The highest BCUT2D eigenvalue weighted by molar-refractivity contribution is 6.30. The molecule has 0 amide bonds. The van der Waals surface area contributed by atoms with E-state index in [4.69, 9.17) is 22.1 Å². The van der Waals surface area contributed by atoms with Crippen LogP contribution < -0.4 is 5.73 Å². The molecular formula is C14H19ClN2O. The molecule has 1 aromatic carbocycles. The molecule has 1 saturated heterocycles. The summed E-state index contributed by atoms with van der Waals surface area (Å²) in [5.41, 5.74) is 8.00. The van der Waals surface area contributed by atoms with E-state index in [1.54, 1.807) is 0 Å². The Morgan fingerprint density at radius 3 is 3.17 bits per heavy atom. The van der Waals surface area contributed by atoms with Gasteiger partial charge in [-0.3, -0.25) is 4.90 Å². The summed E-state index contributed by atoms with van der Waals surface area (Å²) < 4.78 is 5.82. The average molecular weight is 267 g/mol. The number of halogens is 1. The molecule has 2 unspecified atom stereocenters. The molecule has 18 heavy (non-hydrogen) atoms. The molecule has 2 aliphatic rings. The first-order valence-corrected chi connectivity index (χ1v) is 7.01. The maximum absolute atomic E-state index is 6.05. The lowest BCUT2D eigenvalue weighted by molar-refractivity contribution is -0.0587. The van der Waals surface area contributed by atoms with Gasteiger partial charge < -0.3 is 10.5 Å². The van der Waals surface area contributed by atoms with Gasteiger partial charge in [-0.25, -0.2) is 0 Å². The molecule has 0 bridgehead atoms. The zero-order valence-corrected chi connectivity index (χ0v) is 11.2. The number of fused-ring (bicyclic) bond motifs is 1. The Kier molecular flexibility index (Phi) is 3.46. The number of hydrogen-bond donors (Lipinski definition) is 1. The van der Waals surface area contributed by atoms with E-state index < -0.39 is 0 Å². The van der Waals surface area contributed by atoms with Crippen molar-refractivity contribution in [2.75, 3.05) is 18.9 Å². The number of nitrogens with zero attached hydrogens (tertiary/aromatic N) is 1. The summed E-state index contributed by atoms with van der Waals surface area (Å²) in [6, 6.07) is 6.29. The fourth-order valence-corrected chi connectivity index (χ4v) is 3.33. The van der Waals surface area contributed by atoms with Crippen molar-refractivity contribution in [1.29, 1.82) is 0 Å². The van der Waals surface area contributed by atoms with Gasteiger partial charge in [-0.1, -0.05) is 11.6 Å². The van der Waals surface area contributed by atoms with Crippen molar-refractivity contribution in [2.45, 2.75) is 38.0 Å². The normalized spacial score (nSPS) is 28.3. The Hall–Kier alpha value is -0.770. The van der Waals surface area contributed by atoms with E-state index in [9.17, 15) is 0 Å². The third kappa shape index (κ3) is 2.35. The zero-order valence-electron chi connectivity index (χ0n) is 10.4. The average Bonchev–Trinajstić information content (AvgIpc) is 2.83. The monoisotopic (exact) mass is 266 g/mol. The number of ether oxygens (including phenoxy) is 1. The highest BCUT2D eigenvalue weighted by Crippen LogP contribution is 2.31. The van der Waals surface area contributed by atoms with Gasteiger partial charge in [-0.05, 0) is 43.0 Å². The summed E-state index contributed by atoms with van der Waals surface area (Å²) in [5.74, 6) is 0. The second-order valence-electron chi connectivity index (χ2n) is 5.22. The summed E-state index contributed by atoms with van der Waals surface area (Å²) in [6.07, 6.45) is 4.15. The topological polar surface area (TPSA) is 38.5 Å². The standard InChI is InChI=1S/C14H19ClN2O/c15-11-4-5-12(16)10(8-11)9-17-6-7-18-14-3-1-2-13(14)17/h4-5,8,13-14H,1-3,6-7,9,16H2. The molecule has 1 saturated carbocycles. The highest BCUT2D eigenvalue weighted by atomic mass is 35.5. The van der Waals surface area contributed by atoms with Gasteiger partial charge in [0.25, 0.3) is 0 Å². The predicted molar refractivity (Wildman–Crippen MR) is 73.7 cm³/mol. The molecule has 1 aliphatic carbocycles. The van der Waals surface area contributed by atoms with Gasteiger partial charge in [-0.15, -0.1) is 0 Å². The molecule has 1 aliphatic heterocycles. The molecule has 0 spiro atoms. The Morgan fingerprint density at radius 2 is 2.28 bits per heavy atom. The van der Waals surface area contributed by atoms with Crippen molar-refractivity contribution in [3.8, 4) is 0 Å². The van der Waals surface area contributed by atoms with Crippen molar-refractivity contribution < 1.29 is 4.74 Å². The Labute approximate surface area is 113 Å². The van der Waals surface area contributed by atoms with Crippen LogP contribution in [0.3, 0.4) is 0 Å². The third-order valence-electron chi connectivity index (χ3n) is 4.08. The Bertz CT molecular complexity index is 438. The van der Waals surface area contributed by atoms with E-state index in [0.717, 1.165) is 36.0 Å². The number of anilines is 1. The maximum atomic E-state index is 6.05. The fourth-order valence-electron chi connectivity index (χ4n) is 3.13. The summed E-state index contributed by atoms with van der Waals surface area (Å²) >= 11 is 6.05. The lowest BCUT2D eigenvalue weighted by atomic mass is 10.1. The maximum Gasteiger partial charge on any atom is 0.0731 e. The van der Waals surface area contributed by atoms with E-state index >= 15 is 0 Å². The first kappa shape index (κ1) is 12.3. The molecule has 3 rings (SSSR count). The molecule has 98 valence electrons. The lowest BCUT2D eigenvalue weighted by Crippen LogP contribution is -2.47. The van der Waals surface area contributed by atoms with Crippen molar-refractivity contribution in [1.82, 2.24) is 4.90 Å². The first-order chi connectivity index (χ1) is 8.74. The van der Waals surface area contributed by atoms with Crippen LogP contribution in [0, 0.1) is 0 Å². The number of rotatable bonds is 2. The number of hydrogen-bond acceptors (Lipinski definition) is 3. The second-order valence-corrected chi connectivity index (χ2v) is 5.66. The molecule has 1 aromatic rings. The molecule has 4 heteroatoms. The van der Waals surface area contributed by atoms with Gasteiger partial charge >= 0.3 is 0 Å². The smallest absolute Gasteiger partial charge is 0.0731 e. The number of morpholine rings is 1. The number of benzene rings is 1. The minimum absolute atomic E-state index is 0.430. The Morgan fingerprint density at radius 1 is 1.39 bits per heavy atom. The van der Waals surface area contributed by atoms with Crippen LogP contribution >= 0.6 is 11.6 Å². The molecule has 2 atom stereocenters. The number of nitrogen functional groups attached to an aromatic ring is 1. The van der Waals surface area contributed by atoms with Crippen LogP contribution in [0.1, 0.15) is 24.8 Å². The Balaban J connectivity index is 1.77. The van der Waals surface area contributed by atoms with Crippen LogP contribution in [0.25, 0.3) is 0 Å². The van der Waals surface area contributed by atoms with Crippen LogP contribution in [-0.4, -0.2) is 30.2 Å². The van der Waals surface area contributed by atoms with Crippen molar-refractivity contribution in [3.05, 3.63) is 28.8 Å². The van der Waals surface area contributed by atoms with Gasteiger partial charge in [0.15, 0.2) is 0 Å². The molecular weight excluding hydrogens is 248 g/mol. The van der Waals surface area contributed by atoms with Gasteiger partial charge in [-0.2, -0.15) is 0 Å². The summed E-state index contributed by atoms with van der Waals surface area (Å²) in [6.45, 7) is 2.71. The summed E-state index contributed by atoms with van der Waals surface area (Å²) in [7, 11) is 0. The van der Waals surface area contributed by atoms with Crippen LogP contribution in [0.4, 0.5) is 5.69 Å². The van der Waals surface area contributed by atoms with Crippen LogP contribution in [-0.2, 0) is 11.3 Å². The molecule has 3 nitrogen and oxygen atoms in total. The molecule has 2 fully saturated rings. The van der Waals surface area contributed by atoms with E-state index in [1.165, 1.54) is 19.3 Å². The minimum Gasteiger partial charge on any atom is -0.398 e. The van der Waals surface area contributed by atoms with E-state index in [0.29, 0.717) is 12.1 Å². The molecule has 2 N–H and O–H groups in total. The predicted octanol–water partition coefficient (Wildman–Crippen LogP) is 2.68. The van der Waals surface area contributed by atoms with Crippen molar-refractivity contribution in [3.63, 3.8) is 0 Å². The minimum atomic E-state index is 0.430.